The van der Waals surface area contributed by atoms with E-state index in [-0.39, 0.29) is 24.0 Å². The maximum Gasteiger partial charge on any atom is 0.193 e. The molecule has 5 nitrogen and oxygen atoms in total. The summed E-state index contributed by atoms with van der Waals surface area (Å²) < 4.78 is 0. The Morgan fingerprint density at radius 3 is 2.61 bits per heavy atom. The predicted molar refractivity (Wildman–Crippen MR) is 109 cm³/mol. The summed E-state index contributed by atoms with van der Waals surface area (Å²) in [5.74, 6) is 0.950. The molecule has 0 saturated carbocycles. The second-order valence-electron chi connectivity index (χ2n) is 6.17. The number of halogens is 1. The summed E-state index contributed by atoms with van der Waals surface area (Å²) in [6.07, 6.45) is 0. The van der Waals surface area contributed by atoms with E-state index in [1.807, 2.05) is 13.1 Å². The highest BCUT2D eigenvalue weighted by Gasteiger charge is 2.22. The molecule has 23 heavy (non-hydrogen) atoms. The lowest BCUT2D eigenvalue weighted by atomic mass is 10.2. The fraction of sp³-hybridized carbons (Fsp3) is 0.588. The number of piperazine rings is 1. The van der Waals surface area contributed by atoms with Gasteiger partial charge in [0.2, 0.25) is 0 Å². The molecule has 1 aromatic rings. The van der Waals surface area contributed by atoms with Gasteiger partial charge in [-0.2, -0.15) is 0 Å². The first-order valence-corrected chi connectivity index (χ1v) is 7.94. The van der Waals surface area contributed by atoms with Gasteiger partial charge in [0.1, 0.15) is 0 Å². The summed E-state index contributed by atoms with van der Waals surface area (Å²) in [6, 6.07) is 11.0. The molecule has 0 radical (unpaired) electrons. The molecule has 1 aromatic carbocycles. The fourth-order valence-corrected chi connectivity index (χ4v) is 2.85. The molecular formula is C17H30IN5. The van der Waals surface area contributed by atoms with E-state index in [4.69, 9.17) is 0 Å². The summed E-state index contributed by atoms with van der Waals surface area (Å²) in [7, 11) is 8.33. The third kappa shape index (κ3) is 6.27. The van der Waals surface area contributed by atoms with Crippen molar-refractivity contribution in [2.45, 2.75) is 12.6 Å². The van der Waals surface area contributed by atoms with Crippen molar-refractivity contribution in [2.24, 2.45) is 4.99 Å². The Morgan fingerprint density at radius 1 is 1.26 bits per heavy atom. The molecule has 1 atom stereocenters. The van der Waals surface area contributed by atoms with Gasteiger partial charge in [0.05, 0.1) is 0 Å². The zero-order valence-electron chi connectivity index (χ0n) is 14.7. The van der Waals surface area contributed by atoms with Crippen LogP contribution >= 0.6 is 24.0 Å². The van der Waals surface area contributed by atoms with Crippen molar-refractivity contribution in [3.05, 3.63) is 35.9 Å². The van der Waals surface area contributed by atoms with Crippen LogP contribution in [0.15, 0.2) is 35.3 Å². The zero-order chi connectivity index (χ0) is 15.9. The average molecular weight is 431 g/mol. The largest absolute Gasteiger partial charge is 0.355 e. The number of rotatable bonds is 4. The minimum Gasteiger partial charge on any atom is -0.355 e. The number of nitrogens with one attached hydrogen (secondary N) is 1. The van der Waals surface area contributed by atoms with E-state index in [0.717, 1.165) is 38.7 Å². The van der Waals surface area contributed by atoms with Gasteiger partial charge in [-0.3, -0.25) is 9.89 Å². The van der Waals surface area contributed by atoms with Crippen molar-refractivity contribution in [1.82, 2.24) is 20.0 Å². The van der Waals surface area contributed by atoms with Crippen LogP contribution in [-0.2, 0) is 6.54 Å². The van der Waals surface area contributed by atoms with E-state index in [0.29, 0.717) is 6.04 Å². The lowest BCUT2D eigenvalue weighted by Crippen LogP contribution is -2.55. The van der Waals surface area contributed by atoms with Crippen LogP contribution < -0.4 is 5.32 Å². The molecule has 0 aliphatic carbocycles. The quantitative estimate of drug-likeness (QED) is 0.446. The highest BCUT2D eigenvalue weighted by atomic mass is 127. The van der Waals surface area contributed by atoms with Gasteiger partial charge in [-0.05, 0) is 19.7 Å². The molecule has 1 unspecified atom stereocenters. The van der Waals surface area contributed by atoms with Gasteiger partial charge in [-0.25, -0.2) is 0 Å². The third-order valence-electron chi connectivity index (χ3n) is 4.31. The summed E-state index contributed by atoms with van der Waals surface area (Å²) >= 11 is 0. The van der Waals surface area contributed by atoms with Gasteiger partial charge >= 0.3 is 0 Å². The van der Waals surface area contributed by atoms with Crippen molar-refractivity contribution in [1.29, 1.82) is 0 Å². The van der Waals surface area contributed by atoms with Crippen LogP contribution in [0.4, 0.5) is 0 Å². The number of hydrogen-bond acceptors (Lipinski definition) is 3. The lowest BCUT2D eigenvalue weighted by molar-refractivity contribution is 0.116. The highest BCUT2D eigenvalue weighted by molar-refractivity contribution is 14.0. The SMILES string of the molecule is CN=C(NCC1CN(C)CCN1C)N(C)Cc1ccccc1.I. The number of hydrogen-bond donors (Lipinski definition) is 1. The molecule has 1 aliphatic heterocycles. The average Bonchev–Trinajstić information content (AvgIpc) is 2.52. The Hall–Kier alpha value is -0.860. The number of nitrogens with zero attached hydrogens (tertiary/aromatic N) is 4. The Morgan fingerprint density at radius 2 is 1.96 bits per heavy atom. The van der Waals surface area contributed by atoms with Crippen LogP contribution in [0.25, 0.3) is 0 Å². The van der Waals surface area contributed by atoms with Crippen LogP contribution in [0.3, 0.4) is 0 Å². The summed E-state index contributed by atoms with van der Waals surface area (Å²) in [5, 5.41) is 3.52. The summed E-state index contributed by atoms with van der Waals surface area (Å²) in [6.45, 7) is 5.16. The Labute approximate surface area is 157 Å². The predicted octanol–water partition coefficient (Wildman–Crippen LogP) is 1.56. The molecule has 1 fully saturated rings. The first-order valence-electron chi connectivity index (χ1n) is 7.94. The molecule has 0 aromatic heterocycles. The molecule has 1 N–H and O–H groups in total. The molecule has 1 aliphatic rings. The van der Waals surface area contributed by atoms with Gasteiger partial charge in [-0.1, -0.05) is 30.3 Å². The maximum absolute atomic E-state index is 4.41. The van der Waals surface area contributed by atoms with E-state index in [1.165, 1.54) is 5.56 Å². The summed E-state index contributed by atoms with van der Waals surface area (Å²) in [5.41, 5.74) is 1.29. The van der Waals surface area contributed by atoms with E-state index < -0.39 is 0 Å². The monoisotopic (exact) mass is 431 g/mol. The standard InChI is InChI=1S/C17H29N5.HI/c1-18-17(22(4)13-15-8-6-5-7-9-15)19-12-16-14-20(2)10-11-21(16)3;/h5-9,16H,10-14H2,1-4H3,(H,18,19);1H. The summed E-state index contributed by atoms with van der Waals surface area (Å²) in [4.78, 5) is 11.4. The molecule has 0 spiro atoms. The van der Waals surface area contributed by atoms with Crippen LogP contribution in [0, 0.1) is 0 Å². The topological polar surface area (TPSA) is 34.1 Å². The molecule has 1 heterocycles. The van der Waals surface area contributed by atoms with Gasteiger partial charge < -0.3 is 15.1 Å². The normalized spacial score (nSPS) is 20.0. The van der Waals surface area contributed by atoms with Gasteiger partial charge in [0.25, 0.3) is 0 Å². The molecular weight excluding hydrogens is 401 g/mol. The molecule has 1 saturated heterocycles. The fourth-order valence-electron chi connectivity index (χ4n) is 2.85. The second-order valence-corrected chi connectivity index (χ2v) is 6.17. The number of guanidine groups is 1. The first kappa shape index (κ1) is 20.2. The van der Waals surface area contributed by atoms with E-state index in [1.54, 1.807) is 0 Å². The molecule has 2 rings (SSSR count). The smallest absolute Gasteiger partial charge is 0.193 e. The zero-order valence-corrected chi connectivity index (χ0v) is 17.0. The maximum atomic E-state index is 4.41. The minimum absolute atomic E-state index is 0. The molecule has 6 heteroatoms. The second kappa shape index (κ2) is 10.1. The van der Waals surface area contributed by atoms with Crippen molar-refractivity contribution in [3.63, 3.8) is 0 Å². The number of likely N-dealkylation sites (N-methyl/N-ethyl adjacent to an activating group) is 2. The van der Waals surface area contributed by atoms with Gasteiger partial charge in [0.15, 0.2) is 5.96 Å². The molecule has 0 amide bonds. The third-order valence-corrected chi connectivity index (χ3v) is 4.31. The lowest BCUT2D eigenvalue weighted by Gasteiger charge is -2.38. The minimum atomic E-state index is 0. The van der Waals surface area contributed by atoms with Gasteiger partial charge in [-0.15, -0.1) is 24.0 Å². The van der Waals surface area contributed by atoms with Gasteiger partial charge in [0, 0.05) is 52.9 Å². The van der Waals surface area contributed by atoms with Crippen molar-refractivity contribution >= 4 is 29.9 Å². The Balaban J connectivity index is 0.00000264. The van der Waals surface area contributed by atoms with Crippen LogP contribution in [-0.4, -0.2) is 81.1 Å². The van der Waals surface area contributed by atoms with Crippen LogP contribution in [0.5, 0.6) is 0 Å². The molecule has 130 valence electrons. The van der Waals surface area contributed by atoms with Crippen molar-refractivity contribution in [2.75, 3.05) is 54.4 Å². The van der Waals surface area contributed by atoms with Crippen LogP contribution in [0.2, 0.25) is 0 Å². The first-order chi connectivity index (χ1) is 10.6. The number of aliphatic imine (C=N–C) groups is 1. The Kier molecular flexibility index (Phi) is 8.86. The van der Waals surface area contributed by atoms with E-state index in [2.05, 4.69) is 70.4 Å². The highest BCUT2D eigenvalue weighted by Crippen LogP contribution is 2.06. The number of benzene rings is 1. The van der Waals surface area contributed by atoms with Crippen molar-refractivity contribution < 1.29 is 0 Å². The molecule has 0 bridgehead atoms. The van der Waals surface area contributed by atoms with Crippen molar-refractivity contribution in [3.8, 4) is 0 Å². The van der Waals surface area contributed by atoms with Crippen LogP contribution in [0.1, 0.15) is 5.56 Å². The Bertz CT molecular complexity index is 479. The van der Waals surface area contributed by atoms with E-state index >= 15 is 0 Å². The van der Waals surface area contributed by atoms with E-state index in [9.17, 15) is 0 Å².